The minimum absolute atomic E-state index is 0. The van der Waals surface area contributed by atoms with Gasteiger partial charge in [-0.3, -0.25) is 4.99 Å². The average Bonchev–Trinajstić information content (AvgIpc) is 3.19. The number of nitrogens with one attached hydrogen (secondary N) is 2. The largest absolute Gasteiger partial charge is 0.354 e. The zero-order chi connectivity index (χ0) is 15.5. The molecule has 0 bridgehead atoms. The van der Waals surface area contributed by atoms with Gasteiger partial charge in [-0.2, -0.15) is 0 Å². The van der Waals surface area contributed by atoms with Crippen molar-refractivity contribution in [2.45, 2.75) is 31.2 Å². The Kier molecular flexibility index (Phi) is 7.04. The first-order valence-electron chi connectivity index (χ1n) is 6.79. The molecule has 0 spiro atoms. The van der Waals surface area contributed by atoms with Gasteiger partial charge in [0.1, 0.15) is 5.82 Å². The van der Waals surface area contributed by atoms with E-state index in [0.717, 1.165) is 12.8 Å². The van der Waals surface area contributed by atoms with Gasteiger partial charge in [0.2, 0.25) is 0 Å². The normalized spacial score (nSPS) is 15.1. The summed E-state index contributed by atoms with van der Waals surface area (Å²) in [6.45, 7) is 0.328. The highest BCUT2D eigenvalue weighted by Gasteiger charge is 2.22. The Morgan fingerprint density at radius 1 is 1.36 bits per heavy atom. The fraction of sp³-hybridized carbons (Fsp3) is 0.500. The predicted molar refractivity (Wildman–Crippen MR) is 96.7 cm³/mol. The summed E-state index contributed by atoms with van der Waals surface area (Å²) in [5, 5.41) is 6.31. The van der Waals surface area contributed by atoms with Crippen molar-refractivity contribution in [1.29, 1.82) is 0 Å². The van der Waals surface area contributed by atoms with Crippen LogP contribution in [0.25, 0.3) is 0 Å². The van der Waals surface area contributed by atoms with Crippen molar-refractivity contribution in [3.8, 4) is 0 Å². The van der Waals surface area contributed by atoms with Crippen LogP contribution in [0.15, 0.2) is 23.2 Å². The smallest absolute Gasteiger partial charge is 0.191 e. The lowest BCUT2D eigenvalue weighted by atomic mass is 10.1. The number of hydrogen-bond acceptors (Lipinski definition) is 3. The fourth-order valence-electron chi connectivity index (χ4n) is 1.98. The molecule has 2 rings (SSSR count). The monoisotopic (exact) mass is 441 g/mol. The van der Waals surface area contributed by atoms with Crippen LogP contribution in [0.4, 0.5) is 4.39 Å². The molecule has 8 heteroatoms. The molecule has 0 radical (unpaired) electrons. The third-order valence-electron chi connectivity index (χ3n) is 3.17. The summed E-state index contributed by atoms with van der Waals surface area (Å²) in [5.74, 6) is 0.167. The lowest BCUT2D eigenvalue weighted by molar-refractivity contribution is 0.599. The van der Waals surface area contributed by atoms with Crippen LogP contribution < -0.4 is 10.6 Å². The molecule has 1 saturated carbocycles. The summed E-state index contributed by atoms with van der Waals surface area (Å²) in [6.07, 6.45) is 3.42. The fourth-order valence-corrected chi connectivity index (χ4v) is 2.82. The highest BCUT2D eigenvalue weighted by molar-refractivity contribution is 14.0. The quantitative estimate of drug-likeness (QED) is 0.416. The number of sulfone groups is 1. The molecule has 0 amide bonds. The minimum atomic E-state index is -3.16. The van der Waals surface area contributed by atoms with E-state index in [1.54, 1.807) is 7.05 Å². The summed E-state index contributed by atoms with van der Waals surface area (Å²) >= 11 is 0. The van der Waals surface area contributed by atoms with E-state index in [4.69, 9.17) is 0 Å². The summed E-state index contributed by atoms with van der Waals surface area (Å²) in [7, 11) is -1.49. The van der Waals surface area contributed by atoms with Crippen molar-refractivity contribution in [2.75, 3.05) is 13.3 Å². The Morgan fingerprint density at radius 3 is 2.59 bits per heavy atom. The molecule has 1 aromatic rings. The van der Waals surface area contributed by atoms with E-state index in [1.807, 2.05) is 0 Å². The van der Waals surface area contributed by atoms with Crippen molar-refractivity contribution in [2.24, 2.45) is 4.99 Å². The number of hydrogen-bond donors (Lipinski definition) is 2. The number of benzene rings is 1. The molecule has 0 aliphatic heterocycles. The standard InChI is InChI=1S/C14H20FN3O2S.HI/c1-16-14(18-13-5-6-13)17-8-11-7-12(15)4-3-10(11)9-21(2,19)20;/h3-4,7,13H,5-6,8-9H2,1-2H3,(H2,16,17,18);1H. The molecule has 0 unspecified atom stereocenters. The zero-order valence-corrected chi connectivity index (χ0v) is 15.7. The van der Waals surface area contributed by atoms with Gasteiger partial charge in [0.15, 0.2) is 15.8 Å². The van der Waals surface area contributed by atoms with Crippen molar-refractivity contribution < 1.29 is 12.8 Å². The summed E-state index contributed by atoms with van der Waals surface area (Å²) in [6, 6.07) is 4.61. The maximum atomic E-state index is 13.4. The number of guanidine groups is 1. The predicted octanol–water partition coefficient (Wildman–Crippen LogP) is 1.82. The number of rotatable bonds is 5. The van der Waals surface area contributed by atoms with Gasteiger partial charge < -0.3 is 10.6 Å². The van der Waals surface area contributed by atoms with Gasteiger partial charge in [0.05, 0.1) is 5.75 Å². The van der Waals surface area contributed by atoms with E-state index in [9.17, 15) is 12.8 Å². The maximum absolute atomic E-state index is 13.4. The lowest BCUT2D eigenvalue weighted by Gasteiger charge is -2.14. The van der Waals surface area contributed by atoms with Crippen molar-refractivity contribution >= 4 is 39.8 Å². The minimum Gasteiger partial charge on any atom is -0.354 e. The summed E-state index contributed by atoms with van der Waals surface area (Å²) in [5.41, 5.74) is 1.23. The molecule has 0 atom stereocenters. The van der Waals surface area contributed by atoms with Gasteiger partial charge in [0.25, 0.3) is 0 Å². The molecule has 1 aliphatic rings. The summed E-state index contributed by atoms with van der Waals surface area (Å²) < 4.78 is 36.3. The molecule has 0 aromatic heterocycles. The molecule has 1 aliphatic carbocycles. The van der Waals surface area contributed by atoms with Gasteiger partial charge >= 0.3 is 0 Å². The molecule has 1 fully saturated rings. The second-order valence-electron chi connectivity index (χ2n) is 5.33. The number of aliphatic imine (C=N–C) groups is 1. The first-order chi connectivity index (χ1) is 9.87. The Bertz CT molecular complexity index is 645. The van der Waals surface area contributed by atoms with Crippen LogP contribution in [-0.4, -0.2) is 33.7 Å². The molecule has 22 heavy (non-hydrogen) atoms. The Hall–Kier alpha value is -0.900. The third kappa shape index (κ3) is 6.47. The molecule has 124 valence electrons. The maximum Gasteiger partial charge on any atom is 0.191 e. The molecule has 2 N–H and O–H groups in total. The van der Waals surface area contributed by atoms with Crippen LogP contribution in [0.5, 0.6) is 0 Å². The Balaban J connectivity index is 0.00000242. The molecule has 0 heterocycles. The van der Waals surface area contributed by atoms with E-state index in [2.05, 4.69) is 15.6 Å². The highest BCUT2D eigenvalue weighted by Crippen LogP contribution is 2.18. The first kappa shape index (κ1) is 19.1. The van der Waals surface area contributed by atoms with Crippen LogP contribution in [0.1, 0.15) is 24.0 Å². The van der Waals surface area contributed by atoms with Crippen molar-refractivity contribution in [3.63, 3.8) is 0 Å². The van der Waals surface area contributed by atoms with Gasteiger partial charge in [-0.25, -0.2) is 12.8 Å². The lowest BCUT2D eigenvalue weighted by Crippen LogP contribution is -2.38. The van der Waals surface area contributed by atoms with E-state index < -0.39 is 9.84 Å². The van der Waals surface area contributed by atoms with Gasteiger partial charge in [-0.15, -0.1) is 24.0 Å². The van der Waals surface area contributed by atoms with E-state index in [1.165, 1.54) is 24.5 Å². The summed E-state index contributed by atoms with van der Waals surface area (Å²) in [4.78, 5) is 4.09. The topological polar surface area (TPSA) is 70.6 Å². The molecule has 5 nitrogen and oxygen atoms in total. The van der Waals surface area contributed by atoms with Gasteiger partial charge in [0, 0.05) is 25.9 Å². The molecular formula is C14H21FIN3O2S. The first-order valence-corrected chi connectivity index (χ1v) is 8.85. The van der Waals surface area contributed by atoms with Crippen LogP contribution in [0.3, 0.4) is 0 Å². The second kappa shape index (κ2) is 8.09. The van der Waals surface area contributed by atoms with E-state index >= 15 is 0 Å². The molecule has 1 aromatic carbocycles. The van der Waals surface area contributed by atoms with Gasteiger partial charge in [-0.05, 0) is 36.1 Å². The Labute approximate surface area is 147 Å². The van der Waals surface area contributed by atoms with Crippen molar-refractivity contribution in [3.05, 3.63) is 35.1 Å². The van der Waals surface area contributed by atoms with Crippen LogP contribution in [-0.2, 0) is 22.1 Å². The Morgan fingerprint density at radius 2 is 2.05 bits per heavy atom. The van der Waals surface area contributed by atoms with E-state index in [0.29, 0.717) is 29.7 Å². The molecular weight excluding hydrogens is 420 g/mol. The average molecular weight is 441 g/mol. The van der Waals surface area contributed by atoms with Crippen LogP contribution in [0.2, 0.25) is 0 Å². The third-order valence-corrected chi connectivity index (χ3v) is 4.01. The number of nitrogens with zero attached hydrogens (tertiary/aromatic N) is 1. The van der Waals surface area contributed by atoms with E-state index in [-0.39, 0.29) is 35.5 Å². The van der Waals surface area contributed by atoms with Gasteiger partial charge in [-0.1, -0.05) is 6.07 Å². The second-order valence-corrected chi connectivity index (χ2v) is 7.47. The SMILES string of the molecule is CN=C(NCc1cc(F)ccc1CS(C)(=O)=O)NC1CC1.I. The van der Waals surface area contributed by atoms with Crippen LogP contribution in [0, 0.1) is 5.82 Å². The molecule has 0 saturated heterocycles. The van der Waals surface area contributed by atoms with Crippen molar-refractivity contribution in [1.82, 2.24) is 10.6 Å². The highest BCUT2D eigenvalue weighted by atomic mass is 127. The zero-order valence-electron chi connectivity index (χ0n) is 12.6. The van der Waals surface area contributed by atoms with Crippen LogP contribution >= 0.6 is 24.0 Å². The number of halogens is 2.